The van der Waals surface area contributed by atoms with Crippen molar-refractivity contribution in [1.29, 1.82) is 0 Å². The maximum atomic E-state index is 13.7. The van der Waals surface area contributed by atoms with Crippen LogP contribution >= 0.6 is 11.3 Å². The molecule has 0 saturated carbocycles. The van der Waals surface area contributed by atoms with Gasteiger partial charge in [-0.05, 0) is 67.5 Å². The number of nitrogens with one attached hydrogen (secondary N) is 1. The third-order valence-electron chi connectivity index (χ3n) is 6.41. The summed E-state index contributed by atoms with van der Waals surface area (Å²) < 4.78 is 16.0. The smallest absolute Gasteiger partial charge is 0.322 e. The van der Waals surface area contributed by atoms with Crippen LogP contribution < -0.4 is 14.8 Å². The molecule has 8 nitrogen and oxygen atoms in total. The summed E-state index contributed by atoms with van der Waals surface area (Å²) in [5.74, 6) is 1.20. The van der Waals surface area contributed by atoms with Gasteiger partial charge in [-0.3, -0.25) is 4.79 Å². The molecule has 0 atom stereocenters. The number of anilines is 1. The van der Waals surface area contributed by atoms with Gasteiger partial charge in [-0.2, -0.15) is 0 Å². The van der Waals surface area contributed by atoms with Crippen LogP contribution in [0.25, 0.3) is 0 Å². The summed E-state index contributed by atoms with van der Waals surface area (Å²) in [6.07, 6.45) is 1.26. The lowest BCUT2D eigenvalue weighted by molar-refractivity contribution is -0.132. The lowest BCUT2D eigenvalue weighted by Crippen LogP contribution is -2.45. The van der Waals surface area contributed by atoms with E-state index in [0.717, 1.165) is 27.3 Å². The van der Waals surface area contributed by atoms with E-state index in [2.05, 4.69) is 5.32 Å². The second-order valence-corrected chi connectivity index (χ2v) is 10.4. The van der Waals surface area contributed by atoms with Crippen LogP contribution in [0.4, 0.5) is 10.5 Å². The predicted molar refractivity (Wildman–Crippen MR) is 156 cm³/mol. The topological polar surface area (TPSA) is 80.3 Å². The highest BCUT2D eigenvalue weighted by Crippen LogP contribution is 2.28. The molecule has 9 heteroatoms. The molecule has 2 aromatic carbocycles. The Morgan fingerprint density at radius 3 is 2.38 bits per heavy atom. The minimum Gasteiger partial charge on any atom is -0.493 e. The van der Waals surface area contributed by atoms with Gasteiger partial charge in [0, 0.05) is 37.4 Å². The van der Waals surface area contributed by atoms with Gasteiger partial charge in [0.05, 0.1) is 20.8 Å². The Bertz CT molecular complexity index is 1220. The lowest BCUT2D eigenvalue weighted by Gasteiger charge is -2.28. The van der Waals surface area contributed by atoms with Crippen molar-refractivity contribution in [3.63, 3.8) is 0 Å². The fraction of sp³-hybridized carbons (Fsp3) is 0.400. The van der Waals surface area contributed by atoms with Gasteiger partial charge in [0.2, 0.25) is 5.91 Å². The monoisotopic (exact) mass is 553 g/mol. The molecule has 3 rings (SSSR count). The van der Waals surface area contributed by atoms with E-state index in [1.165, 1.54) is 0 Å². The predicted octanol–water partition coefficient (Wildman–Crippen LogP) is 5.52. The molecule has 1 heterocycles. The molecule has 0 saturated heterocycles. The number of carbonyl (C=O) groups excluding carboxylic acids is 2. The number of benzene rings is 2. The summed E-state index contributed by atoms with van der Waals surface area (Å²) in [5, 5.41) is 4.99. The largest absolute Gasteiger partial charge is 0.493 e. The van der Waals surface area contributed by atoms with Crippen LogP contribution in [-0.2, 0) is 22.5 Å². The molecule has 0 radical (unpaired) electrons. The Kier molecular flexibility index (Phi) is 11.6. The molecule has 3 aromatic rings. The van der Waals surface area contributed by atoms with Gasteiger partial charge in [-0.25, -0.2) is 4.79 Å². The number of methoxy groups -OCH3 is 3. The van der Waals surface area contributed by atoms with Crippen molar-refractivity contribution >= 4 is 29.0 Å². The van der Waals surface area contributed by atoms with E-state index < -0.39 is 0 Å². The van der Waals surface area contributed by atoms with E-state index in [-0.39, 0.29) is 18.5 Å². The van der Waals surface area contributed by atoms with Crippen LogP contribution in [0.15, 0.2) is 53.9 Å². The van der Waals surface area contributed by atoms with Crippen molar-refractivity contribution < 1.29 is 23.8 Å². The van der Waals surface area contributed by atoms with Crippen LogP contribution in [0.3, 0.4) is 0 Å². The van der Waals surface area contributed by atoms with E-state index in [1.54, 1.807) is 37.6 Å². The first-order chi connectivity index (χ1) is 18.8. The molecular weight excluding hydrogens is 514 g/mol. The van der Waals surface area contributed by atoms with E-state index in [0.29, 0.717) is 50.6 Å². The van der Waals surface area contributed by atoms with Gasteiger partial charge in [0.15, 0.2) is 11.5 Å². The van der Waals surface area contributed by atoms with Crippen molar-refractivity contribution in [2.75, 3.05) is 52.9 Å². The van der Waals surface area contributed by atoms with Crippen LogP contribution in [0.5, 0.6) is 11.5 Å². The summed E-state index contributed by atoms with van der Waals surface area (Å²) in [7, 11) is 4.84. The Balaban J connectivity index is 1.75. The molecule has 0 aliphatic heterocycles. The average Bonchev–Trinajstić information content (AvgIpc) is 3.45. The fourth-order valence-corrected chi connectivity index (χ4v) is 4.97. The summed E-state index contributed by atoms with van der Waals surface area (Å²) in [4.78, 5) is 31.4. The maximum Gasteiger partial charge on any atom is 0.322 e. The third kappa shape index (κ3) is 9.01. The SMILES string of the molecule is COCCCN(CC(=O)N(CCc1ccc(OC)c(OC)c1)Cc1cccs1)C(=O)Nc1ccc(C)cc1C. The molecule has 210 valence electrons. The molecule has 0 spiro atoms. The third-order valence-corrected chi connectivity index (χ3v) is 7.27. The second kappa shape index (κ2) is 15.1. The van der Waals surface area contributed by atoms with Crippen molar-refractivity contribution in [1.82, 2.24) is 9.80 Å². The van der Waals surface area contributed by atoms with Crippen molar-refractivity contribution in [2.24, 2.45) is 0 Å². The van der Waals surface area contributed by atoms with Crippen molar-refractivity contribution in [3.05, 3.63) is 75.5 Å². The second-order valence-electron chi connectivity index (χ2n) is 9.35. The fourth-order valence-electron chi connectivity index (χ4n) is 4.25. The molecule has 1 N–H and O–H groups in total. The lowest BCUT2D eigenvalue weighted by atomic mass is 10.1. The van der Waals surface area contributed by atoms with E-state index in [4.69, 9.17) is 14.2 Å². The summed E-state index contributed by atoms with van der Waals surface area (Å²) >= 11 is 1.61. The number of ether oxygens (including phenoxy) is 3. The average molecular weight is 554 g/mol. The number of carbonyl (C=O) groups is 2. The summed E-state index contributed by atoms with van der Waals surface area (Å²) in [5.41, 5.74) is 3.86. The molecule has 0 bridgehead atoms. The van der Waals surface area contributed by atoms with E-state index >= 15 is 0 Å². The number of hydrogen-bond acceptors (Lipinski definition) is 6. The van der Waals surface area contributed by atoms with Crippen LogP contribution in [0.1, 0.15) is 28.0 Å². The Labute approximate surface area is 235 Å². The molecule has 0 unspecified atom stereocenters. The van der Waals surface area contributed by atoms with E-state index in [1.807, 2.05) is 72.7 Å². The maximum absolute atomic E-state index is 13.7. The zero-order chi connectivity index (χ0) is 28.2. The van der Waals surface area contributed by atoms with Crippen molar-refractivity contribution in [3.8, 4) is 11.5 Å². The number of aryl methyl sites for hydroxylation is 2. The van der Waals surface area contributed by atoms with Crippen molar-refractivity contribution in [2.45, 2.75) is 33.2 Å². The summed E-state index contributed by atoms with van der Waals surface area (Å²) in [6, 6.07) is 15.3. The number of thiophene rings is 1. The standard InChI is InChI=1S/C30H39N3O5S/c1-22-9-11-26(23(2)18-22)31-30(35)33(14-7-16-36-3)21-29(34)32(20-25-8-6-17-39-25)15-13-24-10-12-27(37-4)28(19-24)38-5/h6,8-12,17-19H,7,13-16,20-21H2,1-5H3,(H,31,35). The van der Waals surface area contributed by atoms with Gasteiger partial charge in [-0.15, -0.1) is 11.3 Å². The molecule has 3 amide bonds. The number of urea groups is 1. The molecular formula is C30H39N3O5S. The minimum atomic E-state index is -0.303. The molecule has 39 heavy (non-hydrogen) atoms. The Hall–Kier alpha value is -3.56. The van der Waals surface area contributed by atoms with Gasteiger partial charge < -0.3 is 29.3 Å². The summed E-state index contributed by atoms with van der Waals surface area (Å²) in [6.45, 7) is 5.82. The molecule has 0 aliphatic rings. The quantitative estimate of drug-likeness (QED) is 0.266. The first-order valence-electron chi connectivity index (χ1n) is 13.0. The molecule has 0 aliphatic carbocycles. The van der Waals surface area contributed by atoms with E-state index in [9.17, 15) is 9.59 Å². The highest BCUT2D eigenvalue weighted by atomic mass is 32.1. The zero-order valence-corrected chi connectivity index (χ0v) is 24.3. The highest BCUT2D eigenvalue weighted by molar-refractivity contribution is 7.09. The number of amides is 3. The number of nitrogens with zero attached hydrogens (tertiary/aromatic N) is 2. The van der Waals surface area contributed by atoms with Gasteiger partial charge in [-0.1, -0.05) is 29.8 Å². The number of hydrogen-bond donors (Lipinski definition) is 1. The van der Waals surface area contributed by atoms with Gasteiger partial charge >= 0.3 is 6.03 Å². The van der Waals surface area contributed by atoms with Crippen LogP contribution in [0, 0.1) is 13.8 Å². The first-order valence-corrected chi connectivity index (χ1v) is 13.9. The van der Waals surface area contributed by atoms with Crippen LogP contribution in [-0.4, -0.2) is 69.3 Å². The first kappa shape index (κ1) is 30.0. The molecule has 1 aromatic heterocycles. The minimum absolute atomic E-state index is 0.0300. The molecule has 0 fully saturated rings. The zero-order valence-electron chi connectivity index (χ0n) is 23.5. The van der Waals surface area contributed by atoms with Gasteiger partial charge in [0.1, 0.15) is 6.54 Å². The number of rotatable bonds is 14. The van der Waals surface area contributed by atoms with Gasteiger partial charge in [0.25, 0.3) is 0 Å². The Morgan fingerprint density at radius 2 is 1.72 bits per heavy atom. The van der Waals surface area contributed by atoms with Crippen LogP contribution in [0.2, 0.25) is 0 Å². The highest BCUT2D eigenvalue weighted by Gasteiger charge is 2.22. The Morgan fingerprint density at radius 1 is 0.923 bits per heavy atom. The normalized spacial score (nSPS) is 10.7.